The van der Waals surface area contributed by atoms with Crippen LogP contribution in [0.2, 0.25) is 5.02 Å². The van der Waals surface area contributed by atoms with E-state index in [9.17, 15) is 4.79 Å². The number of fused-ring (bicyclic) bond motifs is 2. The fourth-order valence-electron chi connectivity index (χ4n) is 3.75. The van der Waals surface area contributed by atoms with Crippen LogP contribution >= 0.6 is 11.6 Å². The van der Waals surface area contributed by atoms with Crippen LogP contribution in [0.4, 0.5) is 0 Å². The largest absolute Gasteiger partial charge is 0.451 e. The van der Waals surface area contributed by atoms with Crippen molar-refractivity contribution in [3.05, 3.63) is 35.0 Å². The zero-order valence-electron chi connectivity index (χ0n) is 12.9. The Bertz CT molecular complexity index is 758. The van der Waals surface area contributed by atoms with Crippen LogP contribution in [0.5, 0.6) is 0 Å². The van der Waals surface area contributed by atoms with Crippen molar-refractivity contribution in [2.24, 2.45) is 11.3 Å². The van der Waals surface area contributed by atoms with E-state index in [-0.39, 0.29) is 11.3 Å². The summed E-state index contributed by atoms with van der Waals surface area (Å²) < 4.78 is 16.7. The molecule has 2 atom stereocenters. The number of methoxy groups -OCH3 is 1. The number of benzene rings is 1. The Morgan fingerprint density at radius 1 is 1.48 bits per heavy atom. The number of carbonyl (C=O) groups is 1. The molecule has 1 aromatic carbocycles. The summed E-state index contributed by atoms with van der Waals surface area (Å²) in [6.07, 6.45) is 0. The van der Waals surface area contributed by atoms with Crippen LogP contribution in [-0.2, 0) is 9.47 Å². The second-order valence-electron chi connectivity index (χ2n) is 6.49. The van der Waals surface area contributed by atoms with E-state index in [4.69, 9.17) is 25.5 Å². The molecule has 6 heteroatoms. The lowest BCUT2D eigenvalue weighted by atomic mass is 9.82. The first-order valence-electron chi connectivity index (χ1n) is 7.66. The van der Waals surface area contributed by atoms with Gasteiger partial charge in [0.1, 0.15) is 5.58 Å². The smallest absolute Gasteiger partial charge is 0.289 e. The van der Waals surface area contributed by atoms with Gasteiger partial charge < -0.3 is 18.8 Å². The van der Waals surface area contributed by atoms with Crippen LogP contribution < -0.4 is 0 Å². The summed E-state index contributed by atoms with van der Waals surface area (Å²) in [6, 6.07) is 7.10. The van der Waals surface area contributed by atoms with Gasteiger partial charge in [-0.15, -0.1) is 0 Å². The fraction of sp³-hybridized carbons (Fsp3) is 0.471. The molecule has 2 fully saturated rings. The van der Waals surface area contributed by atoms with E-state index in [1.807, 2.05) is 4.90 Å². The zero-order valence-corrected chi connectivity index (χ0v) is 13.6. The molecular weight excluding hydrogens is 318 g/mol. The number of ether oxygens (including phenoxy) is 2. The Morgan fingerprint density at radius 3 is 3.17 bits per heavy atom. The van der Waals surface area contributed by atoms with Crippen molar-refractivity contribution in [1.29, 1.82) is 0 Å². The first kappa shape index (κ1) is 15.0. The molecule has 0 N–H and O–H groups in total. The molecule has 122 valence electrons. The number of likely N-dealkylation sites (tertiary alicyclic amines) is 1. The molecule has 5 nitrogen and oxygen atoms in total. The van der Waals surface area contributed by atoms with Gasteiger partial charge in [-0.2, -0.15) is 0 Å². The quantitative estimate of drug-likeness (QED) is 0.865. The number of hydrogen-bond acceptors (Lipinski definition) is 4. The van der Waals surface area contributed by atoms with Crippen LogP contribution in [0.3, 0.4) is 0 Å². The topological polar surface area (TPSA) is 51.9 Å². The van der Waals surface area contributed by atoms with Gasteiger partial charge in [0.2, 0.25) is 0 Å². The Balaban J connectivity index is 1.59. The molecule has 2 aliphatic heterocycles. The highest BCUT2D eigenvalue weighted by Crippen LogP contribution is 2.42. The molecule has 0 spiro atoms. The number of rotatable bonds is 3. The number of carbonyl (C=O) groups excluding carboxylic acids is 1. The van der Waals surface area contributed by atoms with Gasteiger partial charge in [-0.3, -0.25) is 4.79 Å². The van der Waals surface area contributed by atoms with Crippen molar-refractivity contribution in [2.45, 2.75) is 0 Å². The number of furan rings is 1. The Labute approximate surface area is 139 Å². The third-order valence-electron chi connectivity index (χ3n) is 4.93. The maximum absolute atomic E-state index is 12.8. The second kappa shape index (κ2) is 5.51. The van der Waals surface area contributed by atoms with Gasteiger partial charge in [-0.25, -0.2) is 0 Å². The molecule has 2 aromatic rings. The summed E-state index contributed by atoms with van der Waals surface area (Å²) in [4.78, 5) is 14.6. The number of nitrogens with zero attached hydrogens (tertiary/aromatic N) is 1. The highest BCUT2D eigenvalue weighted by atomic mass is 35.5. The minimum atomic E-state index is -0.0836. The minimum Gasteiger partial charge on any atom is -0.451 e. The lowest BCUT2D eigenvalue weighted by Gasteiger charge is -2.25. The van der Waals surface area contributed by atoms with Gasteiger partial charge >= 0.3 is 0 Å². The van der Waals surface area contributed by atoms with Gasteiger partial charge in [0.25, 0.3) is 5.91 Å². The molecule has 1 aromatic heterocycles. The minimum absolute atomic E-state index is 0.0813. The number of hydrogen-bond donors (Lipinski definition) is 0. The summed E-state index contributed by atoms with van der Waals surface area (Å²) in [5, 5.41) is 1.47. The van der Waals surface area contributed by atoms with Crippen molar-refractivity contribution < 1.29 is 18.7 Å². The van der Waals surface area contributed by atoms with Crippen LogP contribution in [0.15, 0.2) is 28.7 Å². The standard InChI is InChI=1S/C17H18ClNO4/c1-21-9-17-8-19(6-12(17)7-22-10-17)16(20)15-5-11-4-13(18)2-3-14(11)23-15/h2-5,12H,6-10H2,1H3/t12-,17-/m1/s1. The normalized spacial score (nSPS) is 26.9. The molecular formula is C17H18ClNO4. The first-order chi connectivity index (χ1) is 11.1. The number of amides is 1. The summed E-state index contributed by atoms with van der Waals surface area (Å²) in [6.45, 7) is 3.26. The molecule has 3 heterocycles. The van der Waals surface area contributed by atoms with E-state index in [1.54, 1.807) is 31.4 Å². The highest BCUT2D eigenvalue weighted by Gasteiger charge is 2.52. The van der Waals surface area contributed by atoms with Gasteiger partial charge in [-0.1, -0.05) is 11.6 Å². The second-order valence-corrected chi connectivity index (χ2v) is 6.92. The SMILES string of the molecule is COC[C@]12COC[C@H]1CN(C(=O)c1cc3cc(Cl)ccc3o1)C2. The van der Waals surface area contributed by atoms with Crippen molar-refractivity contribution in [3.8, 4) is 0 Å². The van der Waals surface area contributed by atoms with Crippen LogP contribution in [0.25, 0.3) is 11.0 Å². The lowest BCUT2D eigenvalue weighted by Crippen LogP contribution is -2.36. The number of halogens is 1. The van der Waals surface area contributed by atoms with Crippen molar-refractivity contribution in [1.82, 2.24) is 4.90 Å². The molecule has 2 saturated heterocycles. The van der Waals surface area contributed by atoms with E-state index < -0.39 is 0 Å². The predicted octanol–water partition coefficient (Wildman–Crippen LogP) is 2.82. The van der Waals surface area contributed by atoms with Gasteiger partial charge in [-0.05, 0) is 24.3 Å². The lowest BCUT2D eigenvalue weighted by molar-refractivity contribution is 0.0478. The fourth-order valence-corrected chi connectivity index (χ4v) is 3.93. The molecule has 0 aliphatic carbocycles. The van der Waals surface area contributed by atoms with Crippen molar-refractivity contribution in [2.75, 3.05) is 40.0 Å². The third kappa shape index (κ3) is 2.43. The molecule has 4 rings (SSSR count). The van der Waals surface area contributed by atoms with Gasteiger partial charge in [0.15, 0.2) is 5.76 Å². The monoisotopic (exact) mass is 335 g/mol. The van der Waals surface area contributed by atoms with Gasteiger partial charge in [0, 0.05) is 41.9 Å². The van der Waals surface area contributed by atoms with Gasteiger partial charge in [0.05, 0.1) is 19.8 Å². The van der Waals surface area contributed by atoms with Crippen LogP contribution in [0.1, 0.15) is 10.6 Å². The molecule has 1 amide bonds. The third-order valence-corrected chi connectivity index (χ3v) is 5.16. The maximum atomic E-state index is 12.8. The van der Waals surface area contributed by atoms with E-state index >= 15 is 0 Å². The average Bonchev–Trinajstić information content (AvgIpc) is 3.17. The Morgan fingerprint density at radius 2 is 2.35 bits per heavy atom. The van der Waals surface area contributed by atoms with Crippen molar-refractivity contribution >= 4 is 28.5 Å². The van der Waals surface area contributed by atoms with E-state index in [2.05, 4.69) is 0 Å². The molecule has 0 bridgehead atoms. The summed E-state index contributed by atoms with van der Waals surface area (Å²) in [5.74, 6) is 0.600. The summed E-state index contributed by atoms with van der Waals surface area (Å²) >= 11 is 5.99. The van der Waals surface area contributed by atoms with Crippen LogP contribution in [0, 0.1) is 11.3 Å². The molecule has 23 heavy (non-hydrogen) atoms. The average molecular weight is 336 g/mol. The summed E-state index contributed by atoms with van der Waals surface area (Å²) in [5.41, 5.74) is 0.590. The van der Waals surface area contributed by atoms with E-state index in [1.165, 1.54) is 0 Å². The van der Waals surface area contributed by atoms with E-state index in [0.717, 1.165) is 5.39 Å². The molecule has 0 saturated carbocycles. The Hall–Kier alpha value is -1.56. The highest BCUT2D eigenvalue weighted by molar-refractivity contribution is 6.31. The maximum Gasteiger partial charge on any atom is 0.289 e. The van der Waals surface area contributed by atoms with Crippen molar-refractivity contribution in [3.63, 3.8) is 0 Å². The first-order valence-corrected chi connectivity index (χ1v) is 8.04. The van der Waals surface area contributed by atoms with Crippen LogP contribution in [-0.4, -0.2) is 50.8 Å². The molecule has 2 aliphatic rings. The van der Waals surface area contributed by atoms with E-state index in [0.29, 0.717) is 55.2 Å². The molecule has 0 radical (unpaired) electrons. The predicted molar refractivity (Wildman–Crippen MR) is 85.7 cm³/mol. The zero-order chi connectivity index (χ0) is 16.0. The Kier molecular flexibility index (Phi) is 3.59. The molecule has 0 unspecified atom stereocenters. The summed E-state index contributed by atoms with van der Waals surface area (Å²) in [7, 11) is 1.69.